The number of thioether (sulfide) groups is 1. The van der Waals surface area contributed by atoms with Gasteiger partial charge in [-0.05, 0) is 19.9 Å². The molecule has 2 rings (SSSR count). The van der Waals surface area contributed by atoms with E-state index in [1.807, 2.05) is 18.8 Å². The van der Waals surface area contributed by atoms with Gasteiger partial charge in [0.05, 0.1) is 24.3 Å². The Hall–Kier alpha value is -2.34. The van der Waals surface area contributed by atoms with Gasteiger partial charge in [-0.25, -0.2) is 4.79 Å². The van der Waals surface area contributed by atoms with E-state index in [1.54, 1.807) is 6.21 Å². The molecule has 0 radical (unpaired) electrons. The molecule has 2 unspecified atom stereocenters. The lowest BCUT2D eigenvalue weighted by atomic mass is 10.0. The molecule has 2 aliphatic heterocycles. The minimum Gasteiger partial charge on any atom is -0.355 e. The molecule has 174 valence electrons. The minimum atomic E-state index is -0.0887. The average Bonchev–Trinajstić information content (AvgIpc) is 3.29. The van der Waals surface area contributed by atoms with Crippen molar-refractivity contribution >= 4 is 41.5 Å². The third-order valence-electron chi connectivity index (χ3n) is 5.11. The number of carbonyl (C=O) groups excluding carboxylic acids is 3. The molecule has 3 atom stereocenters. The summed E-state index contributed by atoms with van der Waals surface area (Å²) in [5, 5.41) is 18.5. The molecular weight excluding hydrogens is 420 g/mol. The Labute approximate surface area is 187 Å². The number of urea groups is 1. The number of fused-ring (bicyclic) bond motifs is 1. The number of rotatable bonds is 14. The molecule has 4 amide bonds. The number of aliphatic imine (C=N–C) groups is 1. The summed E-state index contributed by atoms with van der Waals surface area (Å²) in [5.41, 5.74) is 0.538. The van der Waals surface area contributed by atoms with E-state index >= 15 is 0 Å². The maximum absolute atomic E-state index is 12.0. The number of hydrogen-bond acceptors (Lipinski definition) is 8. The number of hydrogen-bond donors (Lipinski definition) is 6. The average molecular weight is 455 g/mol. The number of carbonyl (C=O) groups is 3. The van der Waals surface area contributed by atoms with Gasteiger partial charge in [-0.2, -0.15) is 16.9 Å². The fraction of sp³-hybridized carbons (Fsp3) is 0.737. The molecule has 0 spiro atoms. The van der Waals surface area contributed by atoms with Crippen LogP contribution in [-0.4, -0.2) is 86.1 Å². The van der Waals surface area contributed by atoms with E-state index in [4.69, 9.17) is 5.84 Å². The van der Waals surface area contributed by atoms with Crippen LogP contribution in [0.3, 0.4) is 0 Å². The third-order valence-corrected chi connectivity index (χ3v) is 6.61. The third kappa shape index (κ3) is 9.13. The van der Waals surface area contributed by atoms with Gasteiger partial charge in [0.15, 0.2) is 0 Å². The molecule has 2 aliphatic rings. The van der Waals surface area contributed by atoms with Gasteiger partial charge < -0.3 is 32.4 Å². The maximum atomic E-state index is 12.0. The summed E-state index contributed by atoms with van der Waals surface area (Å²) in [6.45, 7) is 2.14. The van der Waals surface area contributed by atoms with Crippen molar-refractivity contribution < 1.29 is 14.4 Å². The van der Waals surface area contributed by atoms with Crippen LogP contribution < -0.4 is 32.4 Å². The first kappa shape index (κ1) is 24.9. The van der Waals surface area contributed by atoms with E-state index in [2.05, 4.69) is 36.7 Å². The van der Waals surface area contributed by atoms with E-state index in [-0.39, 0.29) is 29.9 Å². The van der Waals surface area contributed by atoms with Gasteiger partial charge >= 0.3 is 6.03 Å². The van der Waals surface area contributed by atoms with Crippen LogP contribution in [-0.2, 0) is 9.59 Å². The second-order valence-corrected chi connectivity index (χ2v) is 8.75. The molecule has 0 bridgehead atoms. The summed E-state index contributed by atoms with van der Waals surface area (Å²) < 4.78 is 0. The molecule has 0 aromatic rings. The smallest absolute Gasteiger partial charge is 0.315 e. The van der Waals surface area contributed by atoms with E-state index in [0.717, 1.165) is 18.6 Å². The lowest BCUT2D eigenvalue weighted by Gasteiger charge is -2.16. The van der Waals surface area contributed by atoms with Crippen molar-refractivity contribution in [1.82, 2.24) is 26.6 Å². The van der Waals surface area contributed by atoms with Crippen molar-refractivity contribution in [2.75, 3.05) is 39.0 Å². The highest BCUT2D eigenvalue weighted by atomic mass is 32.2. The molecular formula is C19H34N8O3S. The monoisotopic (exact) mass is 454 g/mol. The SMILES string of the molecule is CNCCNC(=O)CCC(C=NCCNC(=O)CCC[C@@H]1SCC2NC(=O)NC21)=NN. The molecule has 0 aromatic heterocycles. The lowest BCUT2D eigenvalue weighted by molar-refractivity contribution is -0.121. The van der Waals surface area contributed by atoms with E-state index in [9.17, 15) is 14.4 Å². The molecule has 0 saturated carbocycles. The molecule has 2 saturated heterocycles. The Kier molecular flexibility index (Phi) is 11.1. The van der Waals surface area contributed by atoms with Crippen LogP contribution in [0.25, 0.3) is 0 Å². The topological polar surface area (TPSA) is 162 Å². The summed E-state index contributed by atoms with van der Waals surface area (Å²) in [4.78, 5) is 39.3. The maximum Gasteiger partial charge on any atom is 0.315 e. The van der Waals surface area contributed by atoms with Crippen molar-refractivity contribution in [2.45, 2.75) is 49.4 Å². The lowest BCUT2D eigenvalue weighted by Crippen LogP contribution is -2.37. The zero-order valence-corrected chi connectivity index (χ0v) is 18.8. The Morgan fingerprint density at radius 1 is 1.16 bits per heavy atom. The van der Waals surface area contributed by atoms with Crippen LogP contribution in [0, 0.1) is 0 Å². The second-order valence-electron chi connectivity index (χ2n) is 7.47. The number of nitrogens with one attached hydrogen (secondary N) is 5. The zero-order valence-electron chi connectivity index (χ0n) is 18.0. The number of likely N-dealkylation sites (N-methyl/N-ethyl adjacent to an activating group) is 1. The highest BCUT2D eigenvalue weighted by molar-refractivity contribution is 8.00. The summed E-state index contributed by atoms with van der Waals surface area (Å²) in [6, 6.07) is 0.297. The Morgan fingerprint density at radius 2 is 1.94 bits per heavy atom. The van der Waals surface area contributed by atoms with Gasteiger partial charge in [0, 0.05) is 56.1 Å². The highest BCUT2D eigenvalue weighted by Gasteiger charge is 2.42. The normalized spacial score (nSPS) is 22.8. The van der Waals surface area contributed by atoms with E-state index < -0.39 is 0 Å². The van der Waals surface area contributed by atoms with Gasteiger partial charge in [0.2, 0.25) is 11.8 Å². The van der Waals surface area contributed by atoms with E-state index in [1.165, 1.54) is 0 Å². The molecule has 11 nitrogen and oxygen atoms in total. The fourth-order valence-corrected chi connectivity index (χ4v) is 4.99. The first-order valence-electron chi connectivity index (χ1n) is 10.7. The summed E-state index contributed by atoms with van der Waals surface area (Å²) in [7, 11) is 1.82. The molecule has 2 heterocycles. The van der Waals surface area contributed by atoms with Gasteiger partial charge in [-0.1, -0.05) is 0 Å². The molecule has 12 heteroatoms. The van der Waals surface area contributed by atoms with Crippen molar-refractivity contribution in [1.29, 1.82) is 0 Å². The molecule has 0 aliphatic carbocycles. The highest BCUT2D eigenvalue weighted by Crippen LogP contribution is 2.32. The van der Waals surface area contributed by atoms with Crippen LogP contribution in [0.15, 0.2) is 10.1 Å². The standard InChI is InChI=1S/C19H34N8O3S/c1-21-7-9-23-17(29)6-5-13(27-20)11-22-8-10-24-16(28)4-2-3-15-18-14(12-31-15)25-19(30)26-18/h11,14-15,18,21H,2-10,12,20H2,1H3,(H,23,29)(H,24,28)(H2,25,26,30)/t14?,15-,18?/m0/s1. The van der Waals surface area contributed by atoms with Gasteiger partial charge in [0.1, 0.15) is 0 Å². The first-order valence-corrected chi connectivity index (χ1v) is 11.7. The summed E-state index contributed by atoms with van der Waals surface area (Å²) >= 11 is 1.85. The predicted molar refractivity (Wildman–Crippen MR) is 124 cm³/mol. The zero-order chi connectivity index (χ0) is 22.5. The largest absolute Gasteiger partial charge is 0.355 e. The van der Waals surface area contributed by atoms with Crippen molar-refractivity contribution in [3.8, 4) is 0 Å². The number of hydrazone groups is 1. The quantitative estimate of drug-likeness (QED) is 0.0644. The van der Waals surface area contributed by atoms with Crippen LogP contribution in [0.2, 0.25) is 0 Å². The Bertz CT molecular complexity index is 673. The Morgan fingerprint density at radius 3 is 2.71 bits per heavy atom. The van der Waals surface area contributed by atoms with Gasteiger partial charge in [-0.3, -0.25) is 14.6 Å². The molecule has 7 N–H and O–H groups in total. The number of nitrogens with two attached hydrogens (primary N) is 1. The molecule has 31 heavy (non-hydrogen) atoms. The molecule has 2 fully saturated rings. The number of nitrogens with zero attached hydrogens (tertiary/aromatic N) is 2. The summed E-state index contributed by atoms with van der Waals surface area (Å²) in [6.07, 6.45) is 4.39. The van der Waals surface area contributed by atoms with Crippen LogP contribution >= 0.6 is 11.8 Å². The number of amides is 4. The molecule has 0 aromatic carbocycles. The fourth-order valence-electron chi connectivity index (χ4n) is 3.44. The van der Waals surface area contributed by atoms with Crippen LogP contribution in [0.4, 0.5) is 4.79 Å². The van der Waals surface area contributed by atoms with Gasteiger partial charge in [0.25, 0.3) is 0 Å². The van der Waals surface area contributed by atoms with Crippen LogP contribution in [0.5, 0.6) is 0 Å². The summed E-state index contributed by atoms with van der Waals surface area (Å²) in [5.74, 6) is 6.21. The van der Waals surface area contributed by atoms with Crippen LogP contribution in [0.1, 0.15) is 32.1 Å². The minimum absolute atomic E-state index is 0.00529. The Balaban J connectivity index is 1.51. The van der Waals surface area contributed by atoms with Crippen molar-refractivity contribution in [3.05, 3.63) is 0 Å². The van der Waals surface area contributed by atoms with Crippen molar-refractivity contribution in [2.24, 2.45) is 15.9 Å². The second kappa shape index (κ2) is 13.9. The van der Waals surface area contributed by atoms with Crippen molar-refractivity contribution in [3.63, 3.8) is 0 Å². The van der Waals surface area contributed by atoms with E-state index in [0.29, 0.717) is 56.4 Å². The first-order chi connectivity index (χ1) is 15.0. The van der Waals surface area contributed by atoms with Gasteiger partial charge in [-0.15, -0.1) is 0 Å². The predicted octanol–water partition coefficient (Wildman–Crippen LogP) is -1.06.